The van der Waals surface area contributed by atoms with Gasteiger partial charge in [0, 0.05) is 11.6 Å². The van der Waals surface area contributed by atoms with E-state index in [4.69, 9.17) is 15.6 Å². The summed E-state index contributed by atoms with van der Waals surface area (Å²) >= 11 is 0. The molecule has 3 nitrogen and oxygen atoms in total. The lowest BCUT2D eigenvalue weighted by molar-refractivity contribution is 0.281. The topological polar surface area (TPSA) is 55.5 Å². The Bertz CT molecular complexity index is 506. The fraction of sp³-hybridized carbons (Fsp3) is 0.200. The van der Waals surface area contributed by atoms with Crippen LogP contribution in [0.15, 0.2) is 48.5 Å². The van der Waals surface area contributed by atoms with Gasteiger partial charge in [-0.2, -0.15) is 0 Å². The summed E-state index contributed by atoms with van der Waals surface area (Å²) in [6, 6.07) is 15.0. The highest BCUT2D eigenvalue weighted by atomic mass is 16.5. The first kappa shape index (κ1) is 12.6. The molecule has 0 unspecified atom stereocenters. The molecule has 0 aliphatic carbocycles. The first-order chi connectivity index (χ1) is 8.70. The number of para-hydroxylation sites is 1. The van der Waals surface area contributed by atoms with Crippen molar-refractivity contribution < 1.29 is 9.84 Å². The van der Waals surface area contributed by atoms with Crippen LogP contribution in [0, 0.1) is 0 Å². The molecule has 0 radical (unpaired) electrons. The van der Waals surface area contributed by atoms with Gasteiger partial charge in [-0.25, -0.2) is 0 Å². The minimum atomic E-state index is -0.0714. The third-order valence-corrected chi connectivity index (χ3v) is 2.74. The summed E-state index contributed by atoms with van der Waals surface area (Å²) in [6.45, 7) is 1.97. The zero-order valence-corrected chi connectivity index (χ0v) is 10.3. The van der Waals surface area contributed by atoms with Crippen molar-refractivity contribution in [2.24, 2.45) is 5.73 Å². The Morgan fingerprint density at radius 1 is 1.11 bits per heavy atom. The summed E-state index contributed by atoms with van der Waals surface area (Å²) in [5.41, 5.74) is 7.74. The van der Waals surface area contributed by atoms with Crippen molar-refractivity contribution in [1.82, 2.24) is 0 Å². The summed E-state index contributed by atoms with van der Waals surface area (Å²) in [6.07, 6.45) is 0. The molecule has 2 aromatic rings. The Hall–Kier alpha value is -1.84. The van der Waals surface area contributed by atoms with Gasteiger partial charge in [0.25, 0.3) is 0 Å². The van der Waals surface area contributed by atoms with E-state index >= 15 is 0 Å². The third-order valence-electron chi connectivity index (χ3n) is 2.74. The summed E-state index contributed by atoms with van der Waals surface area (Å²) in [5, 5.41) is 8.98. The van der Waals surface area contributed by atoms with E-state index in [9.17, 15) is 0 Å². The Morgan fingerprint density at radius 3 is 2.39 bits per heavy atom. The first-order valence-corrected chi connectivity index (χ1v) is 5.93. The quantitative estimate of drug-likeness (QED) is 0.868. The maximum Gasteiger partial charge on any atom is 0.132 e. The Morgan fingerprint density at radius 2 is 1.78 bits per heavy atom. The van der Waals surface area contributed by atoms with Crippen LogP contribution in [0.5, 0.6) is 11.5 Å². The van der Waals surface area contributed by atoms with Gasteiger partial charge in [0.15, 0.2) is 0 Å². The molecule has 0 bridgehead atoms. The highest BCUT2D eigenvalue weighted by Gasteiger charge is 2.07. The predicted molar refractivity (Wildman–Crippen MR) is 71.5 cm³/mol. The monoisotopic (exact) mass is 243 g/mol. The van der Waals surface area contributed by atoms with Crippen LogP contribution in [0.3, 0.4) is 0 Å². The van der Waals surface area contributed by atoms with Gasteiger partial charge in [-0.3, -0.25) is 0 Å². The van der Waals surface area contributed by atoms with Gasteiger partial charge in [-0.05, 0) is 30.7 Å². The molecule has 0 fully saturated rings. The van der Waals surface area contributed by atoms with E-state index in [0.717, 1.165) is 22.6 Å². The number of nitrogens with two attached hydrogens (primary N) is 1. The minimum absolute atomic E-state index is 0.0384. The highest BCUT2D eigenvalue weighted by molar-refractivity contribution is 5.39. The zero-order chi connectivity index (χ0) is 13.0. The third kappa shape index (κ3) is 2.88. The second-order valence-electron chi connectivity index (χ2n) is 4.23. The van der Waals surface area contributed by atoms with Crippen LogP contribution in [-0.4, -0.2) is 5.11 Å². The number of aliphatic hydroxyl groups excluding tert-OH is 1. The maximum atomic E-state index is 8.98. The molecule has 0 saturated carbocycles. The molecule has 0 spiro atoms. The van der Waals surface area contributed by atoms with Gasteiger partial charge in [0.2, 0.25) is 0 Å². The molecule has 18 heavy (non-hydrogen) atoms. The Balaban J connectivity index is 2.22. The van der Waals surface area contributed by atoms with Crippen molar-refractivity contribution in [2.75, 3.05) is 0 Å². The van der Waals surface area contributed by atoms with Gasteiger partial charge >= 0.3 is 0 Å². The largest absolute Gasteiger partial charge is 0.457 e. The van der Waals surface area contributed by atoms with E-state index in [1.54, 1.807) is 0 Å². The molecule has 0 aliphatic heterocycles. The number of hydrogen-bond acceptors (Lipinski definition) is 3. The Labute approximate surface area is 107 Å². The molecule has 3 heteroatoms. The summed E-state index contributed by atoms with van der Waals surface area (Å²) in [5.74, 6) is 1.50. The van der Waals surface area contributed by atoms with Gasteiger partial charge in [0.05, 0.1) is 6.61 Å². The van der Waals surface area contributed by atoms with Crippen molar-refractivity contribution in [3.63, 3.8) is 0 Å². The summed E-state index contributed by atoms with van der Waals surface area (Å²) < 4.78 is 5.81. The van der Waals surface area contributed by atoms with Crippen molar-refractivity contribution in [1.29, 1.82) is 0 Å². The number of hydrogen-bond donors (Lipinski definition) is 2. The molecule has 0 heterocycles. The predicted octanol–water partition coefficient (Wildman–Crippen LogP) is 2.99. The average Bonchev–Trinajstić information content (AvgIpc) is 2.40. The van der Waals surface area contributed by atoms with Crippen molar-refractivity contribution in [2.45, 2.75) is 19.6 Å². The number of ether oxygens (including phenoxy) is 1. The maximum absolute atomic E-state index is 8.98. The van der Waals surface area contributed by atoms with E-state index in [-0.39, 0.29) is 12.6 Å². The van der Waals surface area contributed by atoms with Crippen LogP contribution < -0.4 is 10.5 Å². The van der Waals surface area contributed by atoms with Crippen LogP contribution in [0.1, 0.15) is 24.1 Å². The van der Waals surface area contributed by atoms with Crippen LogP contribution in [0.4, 0.5) is 0 Å². The normalized spacial score (nSPS) is 12.2. The molecule has 2 aromatic carbocycles. The Kier molecular flexibility index (Phi) is 3.97. The van der Waals surface area contributed by atoms with Crippen molar-refractivity contribution >= 4 is 0 Å². The molecule has 1 atom stereocenters. The second kappa shape index (κ2) is 5.67. The van der Waals surface area contributed by atoms with E-state index in [1.807, 2.05) is 55.5 Å². The van der Waals surface area contributed by atoms with E-state index < -0.39 is 0 Å². The lowest BCUT2D eigenvalue weighted by Gasteiger charge is -2.13. The number of aliphatic hydroxyl groups is 1. The van der Waals surface area contributed by atoms with Crippen LogP contribution in [0.25, 0.3) is 0 Å². The molecule has 94 valence electrons. The van der Waals surface area contributed by atoms with Gasteiger partial charge in [-0.15, -0.1) is 0 Å². The van der Waals surface area contributed by atoms with Crippen molar-refractivity contribution in [3.05, 3.63) is 59.7 Å². The molecule has 0 amide bonds. The van der Waals surface area contributed by atoms with Crippen LogP contribution in [-0.2, 0) is 6.61 Å². The molecule has 0 aliphatic rings. The summed E-state index contributed by atoms with van der Waals surface area (Å²) in [4.78, 5) is 0. The van der Waals surface area contributed by atoms with E-state index in [2.05, 4.69) is 0 Å². The summed E-state index contributed by atoms with van der Waals surface area (Å²) in [7, 11) is 0. The number of benzene rings is 2. The molecule has 3 N–H and O–H groups in total. The van der Waals surface area contributed by atoms with E-state index in [0.29, 0.717) is 0 Å². The molecule has 0 saturated heterocycles. The lowest BCUT2D eigenvalue weighted by atomic mass is 10.1. The van der Waals surface area contributed by atoms with Gasteiger partial charge in [0.1, 0.15) is 11.5 Å². The fourth-order valence-electron chi connectivity index (χ4n) is 1.74. The van der Waals surface area contributed by atoms with Crippen LogP contribution in [0.2, 0.25) is 0 Å². The molecular formula is C15H17NO2. The van der Waals surface area contributed by atoms with Gasteiger partial charge in [-0.1, -0.05) is 30.3 Å². The highest BCUT2D eigenvalue weighted by Crippen LogP contribution is 2.28. The van der Waals surface area contributed by atoms with E-state index in [1.165, 1.54) is 0 Å². The molecule has 2 rings (SSSR count). The molecule has 0 aromatic heterocycles. The zero-order valence-electron chi connectivity index (χ0n) is 10.3. The van der Waals surface area contributed by atoms with Crippen LogP contribution >= 0.6 is 0 Å². The smallest absolute Gasteiger partial charge is 0.132 e. The van der Waals surface area contributed by atoms with Crippen molar-refractivity contribution in [3.8, 4) is 11.5 Å². The lowest BCUT2D eigenvalue weighted by Crippen LogP contribution is -2.06. The molecular weight excluding hydrogens is 226 g/mol. The first-order valence-electron chi connectivity index (χ1n) is 5.93. The SMILES string of the molecule is C[C@@H](N)c1ccccc1Oc1ccc(CO)cc1. The minimum Gasteiger partial charge on any atom is -0.457 e. The standard InChI is InChI=1S/C15H17NO2/c1-11(16)14-4-2-3-5-15(14)18-13-8-6-12(10-17)7-9-13/h2-9,11,17H,10,16H2,1H3/t11-/m1/s1. The van der Waals surface area contributed by atoms with Gasteiger partial charge < -0.3 is 15.6 Å². The fourth-order valence-corrected chi connectivity index (χ4v) is 1.74. The number of rotatable bonds is 4. The second-order valence-corrected chi connectivity index (χ2v) is 4.23. The average molecular weight is 243 g/mol.